The number of rotatable bonds is 5. The third-order valence-electron chi connectivity index (χ3n) is 5.32. The first kappa shape index (κ1) is 19.1. The second kappa shape index (κ2) is 8.43. The number of anilines is 1. The van der Waals surface area contributed by atoms with Gasteiger partial charge in [0.25, 0.3) is 5.91 Å². The van der Waals surface area contributed by atoms with E-state index >= 15 is 0 Å². The number of nitrogens with zero attached hydrogens (tertiary/aromatic N) is 3. The molecule has 1 N–H and O–H groups in total. The summed E-state index contributed by atoms with van der Waals surface area (Å²) in [6.45, 7) is 2.03. The van der Waals surface area contributed by atoms with Gasteiger partial charge in [-0.2, -0.15) is 0 Å². The van der Waals surface area contributed by atoms with Crippen molar-refractivity contribution in [1.29, 1.82) is 0 Å². The van der Waals surface area contributed by atoms with Gasteiger partial charge in [0.05, 0.1) is 6.42 Å². The Labute approximate surface area is 169 Å². The maximum absolute atomic E-state index is 12.8. The fourth-order valence-electron chi connectivity index (χ4n) is 3.43. The molecule has 29 heavy (non-hydrogen) atoms. The van der Waals surface area contributed by atoms with Crippen molar-refractivity contribution in [3.05, 3.63) is 59.8 Å². The quantitative estimate of drug-likeness (QED) is 0.843. The molecule has 2 fully saturated rings. The van der Waals surface area contributed by atoms with E-state index in [0.29, 0.717) is 44.0 Å². The fourth-order valence-corrected chi connectivity index (χ4v) is 3.43. The molecule has 0 bridgehead atoms. The molecule has 2 aliphatic rings. The van der Waals surface area contributed by atoms with Gasteiger partial charge in [-0.1, -0.05) is 30.3 Å². The summed E-state index contributed by atoms with van der Waals surface area (Å²) in [6.07, 6.45) is 3.74. The average molecular weight is 392 g/mol. The van der Waals surface area contributed by atoms with E-state index in [1.54, 1.807) is 17.0 Å². The van der Waals surface area contributed by atoms with Crippen molar-refractivity contribution >= 4 is 23.5 Å². The molecule has 7 heteroatoms. The highest BCUT2D eigenvalue weighted by atomic mass is 16.2. The van der Waals surface area contributed by atoms with E-state index in [4.69, 9.17) is 0 Å². The van der Waals surface area contributed by atoms with Gasteiger partial charge in [-0.25, -0.2) is 4.98 Å². The number of carbonyl (C=O) groups excluding carboxylic acids is 3. The number of aromatic nitrogens is 1. The zero-order valence-corrected chi connectivity index (χ0v) is 16.2. The summed E-state index contributed by atoms with van der Waals surface area (Å²) in [7, 11) is 0. The number of hydrogen-bond acceptors (Lipinski definition) is 4. The van der Waals surface area contributed by atoms with Gasteiger partial charge >= 0.3 is 0 Å². The standard InChI is InChI=1S/C22H24N4O3/c27-20(14-16-4-2-1-3-5-16)25-10-12-26(13-11-25)22(29)18-8-9-23-19(15-18)24-21(28)17-6-7-17/h1-5,8-9,15,17H,6-7,10-14H2,(H,23,24,28). The first-order valence-corrected chi connectivity index (χ1v) is 9.98. The van der Waals surface area contributed by atoms with Crippen LogP contribution in [0.4, 0.5) is 5.82 Å². The van der Waals surface area contributed by atoms with Gasteiger partial charge in [0.2, 0.25) is 11.8 Å². The second-order valence-corrected chi connectivity index (χ2v) is 7.53. The lowest BCUT2D eigenvalue weighted by molar-refractivity contribution is -0.131. The van der Waals surface area contributed by atoms with Crippen molar-refractivity contribution in [2.24, 2.45) is 5.92 Å². The lowest BCUT2D eigenvalue weighted by atomic mass is 10.1. The molecule has 150 valence electrons. The summed E-state index contributed by atoms with van der Waals surface area (Å²) in [6, 6.07) is 12.9. The summed E-state index contributed by atoms with van der Waals surface area (Å²) >= 11 is 0. The first-order chi connectivity index (χ1) is 14.1. The highest BCUT2D eigenvalue weighted by Crippen LogP contribution is 2.30. The fraction of sp³-hybridized carbons (Fsp3) is 0.364. The van der Waals surface area contributed by atoms with Crippen molar-refractivity contribution in [1.82, 2.24) is 14.8 Å². The molecule has 0 spiro atoms. The zero-order chi connectivity index (χ0) is 20.2. The summed E-state index contributed by atoms with van der Waals surface area (Å²) in [5.41, 5.74) is 1.49. The van der Waals surface area contributed by atoms with E-state index in [-0.39, 0.29) is 23.6 Å². The van der Waals surface area contributed by atoms with E-state index in [9.17, 15) is 14.4 Å². The number of piperazine rings is 1. The van der Waals surface area contributed by atoms with Crippen molar-refractivity contribution < 1.29 is 14.4 Å². The Morgan fingerprint density at radius 2 is 1.66 bits per heavy atom. The van der Waals surface area contributed by atoms with Crippen LogP contribution >= 0.6 is 0 Å². The van der Waals surface area contributed by atoms with Gasteiger partial charge in [0.1, 0.15) is 5.82 Å². The topological polar surface area (TPSA) is 82.6 Å². The minimum atomic E-state index is -0.107. The van der Waals surface area contributed by atoms with Gasteiger partial charge in [-0.3, -0.25) is 14.4 Å². The highest BCUT2D eigenvalue weighted by molar-refractivity contribution is 5.97. The van der Waals surface area contributed by atoms with E-state index in [2.05, 4.69) is 10.3 Å². The van der Waals surface area contributed by atoms with Gasteiger partial charge in [0.15, 0.2) is 0 Å². The maximum atomic E-state index is 12.8. The van der Waals surface area contributed by atoms with Gasteiger partial charge in [-0.05, 0) is 30.5 Å². The SMILES string of the molecule is O=C(Nc1cc(C(=O)N2CCN(C(=O)Cc3ccccc3)CC2)ccn1)C1CC1. The van der Waals surface area contributed by atoms with Crippen LogP contribution in [0, 0.1) is 5.92 Å². The molecule has 4 rings (SSSR count). The smallest absolute Gasteiger partial charge is 0.254 e. The zero-order valence-electron chi connectivity index (χ0n) is 16.2. The number of hydrogen-bond donors (Lipinski definition) is 1. The molecule has 1 aliphatic carbocycles. The number of amides is 3. The Morgan fingerprint density at radius 1 is 0.966 bits per heavy atom. The molecule has 0 unspecified atom stereocenters. The number of carbonyl (C=O) groups is 3. The third kappa shape index (κ3) is 4.80. The van der Waals surface area contributed by atoms with Gasteiger partial charge < -0.3 is 15.1 Å². The summed E-state index contributed by atoms with van der Waals surface area (Å²) in [5.74, 6) is 0.427. The Bertz CT molecular complexity index is 903. The molecule has 2 aromatic rings. The van der Waals surface area contributed by atoms with Crippen molar-refractivity contribution in [3.8, 4) is 0 Å². The first-order valence-electron chi connectivity index (χ1n) is 9.98. The lowest BCUT2D eigenvalue weighted by Crippen LogP contribution is -2.51. The van der Waals surface area contributed by atoms with Crippen LogP contribution in [0.5, 0.6) is 0 Å². The normalized spacial score (nSPS) is 16.4. The molecule has 0 atom stereocenters. The van der Waals surface area contributed by atoms with Crippen molar-refractivity contribution in [2.75, 3.05) is 31.5 Å². The maximum Gasteiger partial charge on any atom is 0.254 e. The predicted octanol–water partition coefficient (Wildman–Crippen LogP) is 1.96. The molecule has 1 aliphatic heterocycles. The van der Waals surface area contributed by atoms with Crippen molar-refractivity contribution in [3.63, 3.8) is 0 Å². The molecule has 1 aromatic heterocycles. The molecule has 1 aromatic carbocycles. The molecule has 1 saturated carbocycles. The minimum absolute atomic E-state index is 0.0346. The van der Waals surface area contributed by atoms with Crippen LogP contribution in [0.3, 0.4) is 0 Å². The average Bonchev–Trinajstić information content (AvgIpc) is 3.60. The van der Waals surface area contributed by atoms with Crippen LogP contribution in [-0.4, -0.2) is 58.7 Å². The third-order valence-corrected chi connectivity index (χ3v) is 5.32. The second-order valence-electron chi connectivity index (χ2n) is 7.53. The Balaban J connectivity index is 1.31. The monoisotopic (exact) mass is 392 g/mol. The highest BCUT2D eigenvalue weighted by Gasteiger charge is 2.30. The molecule has 2 heterocycles. The summed E-state index contributed by atoms with van der Waals surface area (Å²) in [5, 5.41) is 2.77. The molecule has 1 saturated heterocycles. The van der Waals surface area contributed by atoms with Crippen LogP contribution in [-0.2, 0) is 16.0 Å². The molecule has 7 nitrogen and oxygen atoms in total. The number of nitrogens with one attached hydrogen (secondary N) is 1. The number of pyridine rings is 1. The van der Waals surface area contributed by atoms with Crippen LogP contribution in [0.1, 0.15) is 28.8 Å². The number of benzene rings is 1. The summed E-state index contributed by atoms with van der Waals surface area (Å²) < 4.78 is 0. The van der Waals surface area contributed by atoms with Gasteiger partial charge in [-0.15, -0.1) is 0 Å². The van der Waals surface area contributed by atoms with E-state index in [1.165, 1.54) is 6.20 Å². The Morgan fingerprint density at radius 3 is 2.34 bits per heavy atom. The molecule has 0 radical (unpaired) electrons. The van der Waals surface area contributed by atoms with E-state index in [0.717, 1.165) is 18.4 Å². The van der Waals surface area contributed by atoms with Crippen LogP contribution < -0.4 is 5.32 Å². The van der Waals surface area contributed by atoms with E-state index in [1.807, 2.05) is 35.2 Å². The Kier molecular flexibility index (Phi) is 5.55. The molecule has 3 amide bonds. The van der Waals surface area contributed by atoms with Crippen LogP contribution in [0.2, 0.25) is 0 Å². The molecular formula is C22H24N4O3. The van der Waals surface area contributed by atoms with Crippen molar-refractivity contribution in [2.45, 2.75) is 19.3 Å². The summed E-state index contributed by atoms with van der Waals surface area (Å²) in [4.78, 5) is 44.9. The van der Waals surface area contributed by atoms with Crippen LogP contribution in [0.15, 0.2) is 48.7 Å². The Hall–Kier alpha value is -3.22. The predicted molar refractivity (Wildman–Crippen MR) is 108 cm³/mol. The van der Waals surface area contributed by atoms with Crippen LogP contribution in [0.25, 0.3) is 0 Å². The van der Waals surface area contributed by atoms with E-state index < -0.39 is 0 Å². The van der Waals surface area contributed by atoms with Gasteiger partial charge in [0, 0.05) is 43.9 Å². The molecular weight excluding hydrogens is 368 g/mol. The largest absolute Gasteiger partial charge is 0.339 e. The minimum Gasteiger partial charge on any atom is -0.339 e. The lowest BCUT2D eigenvalue weighted by Gasteiger charge is -2.35.